The number of hydrogen-bond acceptors (Lipinski definition) is 1. The second-order valence-corrected chi connectivity index (χ2v) is 9.42. The highest BCUT2D eigenvalue weighted by Crippen LogP contribution is 2.46. The van der Waals surface area contributed by atoms with Gasteiger partial charge in [-0.1, -0.05) is 84.0 Å². The van der Waals surface area contributed by atoms with Gasteiger partial charge in [0.2, 0.25) is 0 Å². The average molecular weight is 335 g/mol. The first-order chi connectivity index (χ1) is 11.8. The molecule has 0 N–H and O–H groups in total. The summed E-state index contributed by atoms with van der Waals surface area (Å²) in [5, 5.41) is 0. The summed E-state index contributed by atoms with van der Waals surface area (Å²) < 4.78 is 6.13. The molecule has 0 amide bonds. The lowest BCUT2D eigenvalue weighted by Gasteiger charge is -2.45. The molecular weight excluding hydrogens is 292 g/mol. The molecule has 3 aliphatic carbocycles. The SMILES string of the molecule is CC[C@H]1CC[C@H](CC[C@H]2CC[C@H](C3(OC)CCCCC3)CC2)CC1. The van der Waals surface area contributed by atoms with Crippen LogP contribution in [-0.2, 0) is 4.74 Å². The number of methoxy groups -OCH3 is 1. The summed E-state index contributed by atoms with van der Waals surface area (Å²) in [4.78, 5) is 0. The van der Waals surface area contributed by atoms with E-state index in [2.05, 4.69) is 6.92 Å². The highest BCUT2D eigenvalue weighted by atomic mass is 16.5. The Bertz CT molecular complexity index is 341. The van der Waals surface area contributed by atoms with Crippen molar-refractivity contribution in [3.63, 3.8) is 0 Å². The van der Waals surface area contributed by atoms with Crippen LogP contribution in [0.4, 0.5) is 0 Å². The van der Waals surface area contributed by atoms with Crippen LogP contribution in [0.5, 0.6) is 0 Å². The van der Waals surface area contributed by atoms with Crippen LogP contribution in [0.1, 0.15) is 110 Å². The van der Waals surface area contributed by atoms with E-state index >= 15 is 0 Å². The predicted molar refractivity (Wildman–Crippen MR) is 103 cm³/mol. The second-order valence-electron chi connectivity index (χ2n) is 9.42. The average Bonchev–Trinajstić information content (AvgIpc) is 2.67. The zero-order valence-corrected chi connectivity index (χ0v) is 16.5. The van der Waals surface area contributed by atoms with Crippen molar-refractivity contribution in [3.05, 3.63) is 0 Å². The fraction of sp³-hybridized carbons (Fsp3) is 1.00. The Morgan fingerprint density at radius 3 is 1.71 bits per heavy atom. The Hall–Kier alpha value is -0.0400. The molecule has 0 saturated heterocycles. The molecule has 0 radical (unpaired) electrons. The normalized spacial score (nSPS) is 37.2. The Labute approximate surface area is 151 Å². The van der Waals surface area contributed by atoms with E-state index in [-0.39, 0.29) is 5.60 Å². The van der Waals surface area contributed by atoms with Gasteiger partial charge in [-0.05, 0) is 49.4 Å². The quantitative estimate of drug-likeness (QED) is 0.501. The molecule has 0 aromatic carbocycles. The number of hydrogen-bond donors (Lipinski definition) is 0. The summed E-state index contributed by atoms with van der Waals surface area (Å²) in [5.74, 6) is 4.01. The smallest absolute Gasteiger partial charge is 0.0706 e. The van der Waals surface area contributed by atoms with E-state index in [0.29, 0.717) is 0 Å². The van der Waals surface area contributed by atoms with Crippen LogP contribution in [0, 0.1) is 23.7 Å². The Morgan fingerprint density at radius 1 is 0.708 bits per heavy atom. The lowest BCUT2D eigenvalue weighted by molar-refractivity contribution is -0.0972. The fourth-order valence-corrected chi connectivity index (χ4v) is 6.31. The Balaban J connectivity index is 1.38. The number of rotatable bonds is 6. The summed E-state index contributed by atoms with van der Waals surface area (Å²) in [6.45, 7) is 2.38. The van der Waals surface area contributed by atoms with Crippen LogP contribution in [-0.4, -0.2) is 12.7 Å². The molecule has 0 aromatic heterocycles. The summed E-state index contributed by atoms with van der Waals surface area (Å²) in [7, 11) is 1.99. The van der Waals surface area contributed by atoms with Gasteiger partial charge in [0.05, 0.1) is 5.60 Å². The van der Waals surface area contributed by atoms with Crippen LogP contribution in [0.3, 0.4) is 0 Å². The van der Waals surface area contributed by atoms with Crippen molar-refractivity contribution in [2.75, 3.05) is 7.11 Å². The van der Waals surface area contributed by atoms with Gasteiger partial charge in [-0.15, -0.1) is 0 Å². The van der Waals surface area contributed by atoms with Gasteiger partial charge in [0.15, 0.2) is 0 Å². The van der Waals surface area contributed by atoms with Gasteiger partial charge >= 0.3 is 0 Å². The van der Waals surface area contributed by atoms with Crippen LogP contribution in [0.25, 0.3) is 0 Å². The molecule has 0 spiro atoms. The van der Waals surface area contributed by atoms with Crippen molar-refractivity contribution >= 4 is 0 Å². The van der Waals surface area contributed by atoms with Crippen molar-refractivity contribution < 1.29 is 4.74 Å². The van der Waals surface area contributed by atoms with Gasteiger partial charge in [-0.2, -0.15) is 0 Å². The van der Waals surface area contributed by atoms with Crippen LogP contribution in [0.15, 0.2) is 0 Å². The van der Waals surface area contributed by atoms with Crippen molar-refractivity contribution in [3.8, 4) is 0 Å². The standard InChI is InChI=1S/C23H42O/c1-3-19-7-9-20(10-8-19)11-12-21-13-15-22(16-14-21)23(24-2)17-5-4-6-18-23/h19-22H,3-18H2,1-2H3/t19-,20-,21-,22-. The van der Waals surface area contributed by atoms with E-state index < -0.39 is 0 Å². The molecule has 1 nitrogen and oxygen atoms in total. The minimum absolute atomic E-state index is 0.266. The molecule has 3 aliphatic rings. The van der Waals surface area contributed by atoms with Crippen LogP contribution >= 0.6 is 0 Å². The predicted octanol–water partition coefficient (Wildman–Crippen LogP) is 7.14. The summed E-state index contributed by atoms with van der Waals surface area (Å²) >= 11 is 0. The Morgan fingerprint density at radius 2 is 1.21 bits per heavy atom. The van der Waals surface area contributed by atoms with Gasteiger partial charge in [0, 0.05) is 7.11 Å². The van der Waals surface area contributed by atoms with Gasteiger partial charge in [-0.3, -0.25) is 0 Å². The molecule has 140 valence electrons. The molecule has 0 aromatic rings. The molecule has 3 saturated carbocycles. The monoisotopic (exact) mass is 334 g/mol. The minimum atomic E-state index is 0.266. The summed E-state index contributed by atoms with van der Waals surface area (Å²) in [5.41, 5.74) is 0.266. The first-order valence-corrected chi connectivity index (χ1v) is 11.3. The van der Waals surface area contributed by atoms with E-state index in [0.717, 1.165) is 23.7 Å². The van der Waals surface area contributed by atoms with E-state index in [1.54, 1.807) is 0 Å². The Kier molecular flexibility index (Phi) is 7.07. The van der Waals surface area contributed by atoms with E-state index in [9.17, 15) is 0 Å². The van der Waals surface area contributed by atoms with Gasteiger partial charge in [0.25, 0.3) is 0 Å². The third kappa shape index (κ3) is 4.57. The van der Waals surface area contributed by atoms with Crippen molar-refractivity contribution in [1.82, 2.24) is 0 Å². The van der Waals surface area contributed by atoms with E-state index in [1.807, 2.05) is 7.11 Å². The molecule has 3 rings (SSSR count). The largest absolute Gasteiger partial charge is 0.378 e. The molecule has 0 heterocycles. The molecule has 1 heteroatoms. The van der Waals surface area contributed by atoms with Crippen molar-refractivity contribution in [2.45, 2.75) is 115 Å². The first kappa shape index (κ1) is 18.7. The van der Waals surface area contributed by atoms with E-state index in [4.69, 9.17) is 4.74 Å². The van der Waals surface area contributed by atoms with Gasteiger partial charge in [-0.25, -0.2) is 0 Å². The van der Waals surface area contributed by atoms with Crippen LogP contribution in [0.2, 0.25) is 0 Å². The van der Waals surface area contributed by atoms with E-state index in [1.165, 1.54) is 103 Å². The highest BCUT2D eigenvalue weighted by molar-refractivity contribution is 4.93. The molecule has 3 fully saturated rings. The zero-order valence-electron chi connectivity index (χ0n) is 16.5. The van der Waals surface area contributed by atoms with Crippen molar-refractivity contribution in [2.24, 2.45) is 23.7 Å². The second kappa shape index (κ2) is 9.06. The first-order valence-electron chi connectivity index (χ1n) is 11.3. The van der Waals surface area contributed by atoms with Gasteiger partial charge in [0.1, 0.15) is 0 Å². The van der Waals surface area contributed by atoms with Gasteiger partial charge < -0.3 is 4.74 Å². The maximum Gasteiger partial charge on any atom is 0.0706 e. The third-order valence-electron chi connectivity index (χ3n) is 8.22. The molecule has 0 atom stereocenters. The lowest BCUT2D eigenvalue weighted by atomic mass is 9.67. The zero-order chi connectivity index (χ0) is 16.8. The number of ether oxygens (including phenoxy) is 1. The molecule has 0 bridgehead atoms. The summed E-state index contributed by atoms with van der Waals surface area (Å²) in [6.07, 6.45) is 23.3. The van der Waals surface area contributed by atoms with Crippen molar-refractivity contribution in [1.29, 1.82) is 0 Å². The highest BCUT2D eigenvalue weighted by Gasteiger charge is 2.41. The maximum absolute atomic E-state index is 6.13. The maximum atomic E-state index is 6.13. The third-order valence-corrected chi connectivity index (χ3v) is 8.22. The molecular formula is C23H42O. The molecule has 24 heavy (non-hydrogen) atoms. The molecule has 0 aliphatic heterocycles. The lowest BCUT2D eigenvalue weighted by Crippen LogP contribution is -2.43. The summed E-state index contributed by atoms with van der Waals surface area (Å²) in [6, 6.07) is 0. The fourth-order valence-electron chi connectivity index (χ4n) is 6.31. The topological polar surface area (TPSA) is 9.23 Å². The van der Waals surface area contributed by atoms with Crippen LogP contribution < -0.4 is 0 Å². The minimum Gasteiger partial charge on any atom is -0.378 e. The molecule has 0 unspecified atom stereocenters.